The van der Waals surface area contributed by atoms with Gasteiger partial charge in [-0.05, 0) is 36.5 Å². The van der Waals surface area contributed by atoms with Crippen LogP contribution in [0.3, 0.4) is 0 Å². The van der Waals surface area contributed by atoms with Gasteiger partial charge in [0.25, 0.3) is 0 Å². The molecule has 98 valence electrons. The smallest absolute Gasteiger partial charge is 0.123 e. The third kappa shape index (κ3) is 2.38. The zero-order valence-corrected chi connectivity index (χ0v) is 10.7. The summed E-state index contributed by atoms with van der Waals surface area (Å²) in [6.07, 6.45) is 5.66. The van der Waals surface area contributed by atoms with E-state index in [1.54, 1.807) is 0 Å². The average molecular weight is 247 g/mol. The largest absolute Gasteiger partial charge is 0.490 e. The number of hydrogen-bond acceptors (Lipinski definition) is 3. The molecule has 3 nitrogen and oxygen atoms in total. The van der Waals surface area contributed by atoms with Crippen LogP contribution in [0.4, 0.5) is 0 Å². The second-order valence-corrected chi connectivity index (χ2v) is 5.25. The summed E-state index contributed by atoms with van der Waals surface area (Å²) >= 11 is 0. The van der Waals surface area contributed by atoms with Gasteiger partial charge in [-0.1, -0.05) is 12.1 Å². The van der Waals surface area contributed by atoms with Gasteiger partial charge < -0.3 is 15.2 Å². The molecule has 1 heterocycles. The predicted molar refractivity (Wildman–Crippen MR) is 70.8 cm³/mol. The Balaban J connectivity index is 1.81. The van der Waals surface area contributed by atoms with E-state index < -0.39 is 0 Å². The Morgan fingerprint density at radius 2 is 2.00 bits per heavy atom. The van der Waals surface area contributed by atoms with Crippen molar-refractivity contribution in [2.24, 2.45) is 5.73 Å². The van der Waals surface area contributed by atoms with Crippen molar-refractivity contribution in [3.8, 4) is 5.75 Å². The molecule has 3 rings (SSSR count). The van der Waals surface area contributed by atoms with Crippen LogP contribution in [0.1, 0.15) is 42.9 Å². The molecule has 1 aliphatic carbocycles. The van der Waals surface area contributed by atoms with E-state index in [1.165, 1.54) is 17.5 Å². The Bertz CT molecular complexity index is 413. The number of rotatable bonds is 2. The van der Waals surface area contributed by atoms with Crippen molar-refractivity contribution in [3.63, 3.8) is 0 Å². The van der Waals surface area contributed by atoms with Crippen molar-refractivity contribution in [3.05, 3.63) is 29.3 Å². The molecule has 3 heteroatoms. The van der Waals surface area contributed by atoms with Gasteiger partial charge in [-0.15, -0.1) is 0 Å². The zero-order valence-electron chi connectivity index (χ0n) is 10.7. The van der Waals surface area contributed by atoms with Crippen LogP contribution in [0.5, 0.6) is 5.75 Å². The van der Waals surface area contributed by atoms with Crippen molar-refractivity contribution in [1.29, 1.82) is 0 Å². The molecule has 0 bridgehead atoms. The third-order valence-corrected chi connectivity index (χ3v) is 3.97. The average Bonchev–Trinajstić information content (AvgIpc) is 2.41. The number of nitrogens with two attached hydrogens (primary N) is 1. The van der Waals surface area contributed by atoms with Gasteiger partial charge in [0.1, 0.15) is 11.9 Å². The van der Waals surface area contributed by atoms with Crippen molar-refractivity contribution in [2.75, 3.05) is 13.2 Å². The Hall–Kier alpha value is -1.06. The van der Waals surface area contributed by atoms with Crippen LogP contribution in [0.25, 0.3) is 0 Å². The summed E-state index contributed by atoms with van der Waals surface area (Å²) in [4.78, 5) is 0. The van der Waals surface area contributed by atoms with Gasteiger partial charge in [0, 0.05) is 18.9 Å². The fourth-order valence-corrected chi connectivity index (χ4v) is 2.94. The Morgan fingerprint density at radius 3 is 2.83 bits per heavy atom. The van der Waals surface area contributed by atoms with Gasteiger partial charge in [-0.2, -0.15) is 0 Å². The molecule has 0 amide bonds. The van der Waals surface area contributed by atoms with Gasteiger partial charge in [-0.3, -0.25) is 0 Å². The SMILES string of the molecule is NC1CCCc2c(OC3CCOCC3)cccc21. The zero-order chi connectivity index (χ0) is 12.4. The Morgan fingerprint density at radius 1 is 1.17 bits per heavy atom. The van der Waals surface area contributed by atoms with Crippen LogP contribution in [-0.2, 0) is 11.2 Å². The minimum Gasteiger partial charge on any atom is -0.490 e. The molecule has 2 N–H and O–H groups in total. The van der Waals surface area contributed by atoms with Crippen molar-refractivity contribution < 1.29 is 9.47 Å². The highest BCUT2D eigenvalue weighted by Crippen LogP contribution is 2.35. The molecule has 2 aliphatic rings. The Labute approximate surface area is 108 Å². The monoisotopic (exact) mass is 247 g/mol. The molecule has 18 heavy (non-hydrogen) atoms. The summed E-state index contributed by atoms with van der Waals surface area (Å²) in [6, 6.07) is 6.49. The summed E-state index contributed by atoms with van der Waals surface area (Å²) in [5, 5.41) is 0. The van der Waals surface area contributed by atoms with Gasteiger partial charge in [-0.25, -0.2) is 0 Å². The quantitative estimate of drug-likeness (QED) is 0.873. The molecule has 0 spiro atoms. The highest BCUT2D eigenvalue weighted by molar-refractivity contribution is 5.43. The van der Waals surface area contributed by atoms with Crippen molar-refractivity contribution in [1.82, 2.24) is 0 Å². The maximum atomic E-state index is 6.17. The molecular formula is C15H21NO2. The van der Waals surface area contributed by atoms with Crippen molar-refractivity contribution >= 4 is 0 Å². The third-order valence-electron chi connectivity index (χ3n) is 3.97. The van der Waals surface area contributed by atoms with E-state index >= 15 is 0 Å². The van der Waals surface area contributed by atoms with E-state index in [-0.39, 0.29) is 6.04 Å². The standard InChI is InChI=1S/C15H21NO2/c16-14-5-1-4-13-12(14)3-2-6-15(13)18-11-7-9-17-10-8-11/h2-3,6,11,14H,1,4-5,7-10,16H2. The van der Waals surface area contributed by atoms with E-state index in [1.807, 2.05) is 0 Å². The first kappa shape index (κ1) is 12.0. The summed E-state index contributed by atoms with van der Waals surface area (Å²) in [5.74, 6) is 1.05. The maximum absolute atomic E-state index is 6.17. The number of fused-ring (bicyclic) bond motifs is 1. The van der Waals surface area contributed by atoms with Crippen LogP contribution < -0.4 is 10.5 Å². The lowest BCUT2D eigenvalue weighted by atomic mass is 9.87. The first-order valence-electron chi connectivity index (χ1n) is 6.96. The predicted octanol–water partition coefficient (Wildman–Crippen LogP) is 2.58. The van der Waals surface area contributed by atoms with Gasteiger partial charge in [0.2, 0.25) is 0 Å². The summed E-state index contributed by atoms with van der Waals surface area (Å²) in [6.45, 7) is 1.64. The normalized spacial score (nSPS) is 24.6. The Kier molecular flexibility index (Phi) is 3.52. The second-order valence-electron chi connectivity index (χ2n) is 5.25. The molecule has 0 aromatic heterocycles. The van der Waals surface area contributed by atoms with Gasteiger partial charge in [0.15, 0.2) is 0 Å². The van der Waals surface area contributed by atoms with Crippen LogP contribution in [0, 0.1) is 0 Å². The molecular weight excluding hydrogens is 226 g/mol. The number of hydrogen-bond donors (Lipinski definition) is 1. The van der Waals surface area contributed by atoms with Crippen LogP contribution in [-0.4, -0.2) is 19.3 Å². The molecule has 1 aromatic carbocycles. The van der Waals surface area contributed by atoms with E-state index in [9.17, 15) is 0 Å². The molecule has 1 atom stereocenters. The van der Waals surface area contributed by atoms with E-state index in [4.69, 9.17) is 15.2 Å². The van der Waals surface area contributed by atoms with Crippen molar-refractivity contribution in [2.45, 2.75) is 44.2 Å². The second kappa shape index (κ2) is 5.29. The lowest BCUT2D eigenvalue weighted by Gasteiger charge is -2.28. The first-order valence-corrected chi connectivity index (χ1v) is 6.96. The topological polar surface area (TPSA) is 44.5 Å². The van der Waals surface area contributed by atoms with Gasteiger partial charge >= 0.3 is 0 Å². The highest BCUT2D eigenvalue weighted by atomic mass is 16.5. The highest BCUT2D eigenvalue weighted by Gasteiger charge is 2.22. The summed E-state index contributed by atoms with van der Waals surface area (Å²) in [7, 11) is 0. The molecule has 1 saturated heterocycles. The maximum Gasteiger partial charge on any atom is 0.123 e. The number of benzene rings is 1. The van der Waals surface area contributed by atoms with Crippen LogP contribution >= 0.6 is 0 Å². The minimum absolute atomic E-state index is 0.187. The molecule has 0 radical (unpaired) electrons. The lowest BCUT2D eigenvalue weighted by molar-refractivity contribution is 0.0251. The molecule has 1 aromatic rings. The fourth-order valence-electron chi connectivity index (χ4n) is 2.94. The molecule has 1 aliphatic heterocycles. The van der Waals surface area contributed by atoms with Gasteiger partial charge in [0.05, 0.1) is 13.2 Å². The molecule has 0 saturated carbocycles. The number of ether oxygens (including phenoxy) is 2. The lowest BCUT2D eigenvalue weighted by Crippen LogP contribution is -2.27. The van der Waals surface area contributed by atoms with E-state index in [0.29, 0.717) is 6.10 Å². The van der Waals surface area contributed by atoms with E-state index in [0.717, 1.165) is 44.6 Å². The molecule has 1 fully saturated rings. The summed E-state index contributed by atoms with van der Waals surface area (Å²) in [5.41, 5.74) is 8.79. The first-order chi connectivity index (χ1) is 8.84. The summed E-state index contributed by atoms with van der Waals surface area (Å²) < 4.78 is 11.5. The molecule has 1 unspecified atom stereocenters. The van der Waals surface area contributed by atoms with Crippen LogP contribution in [0.2, 0.25) is 0 Å². The minimum atomic E-state index is 0.187. The van der Waals surface area contributed by atoms with Crippen LogP contribution in [0.15, 0.2) is 18.2 Å². The van der Waals surface area contributed by atoms with E-state index in [2.05, 4.69) is 18.2 Å². The fraction of sp³-hybridized carbons (Fsp3) is 0.600.